The van der Waals surface area contributed by atoms with Gasteiger partial charge in [-0.3, -0.25) is 0 Å². The monoisotopic (exact) mass is 363 g/mol. The molecule has 1 fully saturated rings. The normalized spacial score (nSPS) is 15.2. The van der Waals surface area contributed by atoms with Gasteiger partial charge in [0.2, 0.25) is 0 Å². The SMILES string of the molecule is CCOC(=O)C(C(=N)C1CC1)=C(O)c1cc(Cl)c(F)c(Cl)c1F. The van der Waals surface area contributed by atoms with Crippen LogP contribution in [0.2, 0.25) is 10.0 Å². The zero-order valence-corrected chi connectivity index (χ0v) is 13.6. The average molecular weight is 364 g/mol. The van der Waals surface area contributed by atoms with Crippen LogP contribution >= 0.6 is 23.2 Å². The highest BCUT2D eigenvalue weighted by Crippen LogP contribution is 2.37. The molecule has 2 rings (SSSR count). The van der Waals surface area contributed by atoms with Crippen molar-refractivity contribution in [3.63, 3.8) is 0 Å². The van der Waals surface area contributed by atoms with Gasteiger partial charge in [0.25, 0.3) is 0 Å². The van der Waals surface area contributed by atoms with Crippen LogP contribution in [0, 0.1) is 23.0 Å². The van der Waals surface area contributed by atoms with E-state index in [1.54, 1.807) is 6.92 Å². The molecule has 1 aliphatic rings. The van der Waals surface area contributed by atoms with Crippen molar-refractivity contribution < 1.29 is 23.4 Å². The molecule has 0 unspecified atom stereocenters. The third-order valence-electron chi connectivity index (χ3n) is 3.33. The first-order chi connectivity index (χ1) is 10.8. The maximum absolute atomic E-state index is 14.1. The molecule has 0 aromatic heterocycles. The van der Waals surface area contributed by atoms with Crippen molar-refractivity contribution in [3.8, 4) is 0 Å². The van der Waals surface area contributed by atoms with Gasteiger partial charge < -0.3 is 15.3 Å². The summed E-state index contributed by atoms with van der Waals surface area (Å²) in [4.78, 5) is 12.0. The molecule has 4 nitrogen and oxygen atoms in total. The summed E-state index contributed by atoms with van der Waals surface area (Å²) < 4.78 is 32.4. The van der Waals surface area contributed by atoms with Crippen LogP contribution in [0.3, 0.4) is 0 Å². The minimum absolute atomic E-state index is 0.0149. The van der Waals surface area contributed by atoms with Gasteiger partial charge in [-0.1, -0.05) is 23.2 Å². The minimum atomic E-state index is -1.27. The number of aliphatic hydroxyl groups is 1. The summed E-state index contributed by atoms with van der Waals surface area (Å²) in [6, 6.07) is 0.812. The molecule has 0 amide bonds. The predicted molar refractivity (Wildman–Crippen MR) is 83.0 cm³/mol. The second kappa shape index (κ2) is 6.84. The number of rotatable bonds is 5. The van der Waals surface area contributed by atoms with E-state index in [2.05, 4.69) is 0 Å². The van der Waals surface area contributed by atoms with Gasteiger partial charge in [0.15, 0.2) is 11.6 Å². The Balaban J connectivity index is 2.62. The van der Waals surface area contributed by atoms with Crippen molar-refractivity contribution in [2.45, 2.75) is 19.8 Å². The van der Waals surface area contributed by atoms with Crippen LogP contribution in [0.25, 0.3) is 5.76 Å². The molecule has 23 heavy (non-hydrogen) atoms. The van der Waals surface area contributed by atoms with Gasteiger partial charge in [-0.15, -0.1) is 0 Å². The van der Waals surface area contributed by atoms with Crippen molar-refractivity contribution >= 4 is 40.6 Å². The molecule has 0 saturated heterocycles. The molecule has 1 aromatic carbocycles. The molecule has 1 saturated carbocycles. The summed E-state index contributed by atoms with van der Waals surface area (Å²) in [6.45, 7) is 1.57. The topological polar surface area (TPSA) is 70.4 Å². The molecule has 1 aromatic rings. The number of hydrogen-bond acceptors (Lipinski definition) is 4. The van der Waals surface area contributed by atoms with Crippen molar-refractivity contribution in [1.29, 1.82) is 5.41 Å². The number of esters is 1. The number of carbonyl (C=O) groups excluding carboxylic acids is 1. The van der Waals surface area contributed by atoms with Gasteiger partial charge in [-0.05, 0) is 25.8 Å². The highest BCUT2D eigenvalue weighted by Gasteiger charge is 2.35. The van der Waals surface area contributed by atoms with Crippen LogP contribution in [0.1, 0.15) is 25.3 Å². The molecular weight excluding hydrogens is 351 g/mol. The molecule has 2 N–H and O–H groups in total. The Labute approximate surface area is 141 Å². The molecule has 0 bridgehead atoms. The van der Waals surface area contributed by atoms with Crippen LogP contribution in [0.4, 0.5) is 8.78 Å². The minimum Gasteiger partial charge on any atom is -0.506 e. The molecule has 124 valence electrons. The predicted octanol–water partition coefficient (Wildman–Crippen LogP) is 4.53. The van der Waals surface area contributed by atoms with Gasteiger partial charge in [0, 0.05) is 5.92 Å². The zero-order valence-electron chi connectivity index (χ0n) is 12.1. The molecule has 0 radical (unpaired) electrons. The molecule has 0 atom stereocenters. The molecule has 0 heterocycles. The van der Waals surface area contributed by atoms with E-state index in [0.29, 0.717) is 12.8 Å². The summed E-state index contributed by atoms with van der Waals surface area (Å²) in [5.41, 5.74) is -1.18. The summed E-state index contributed by atoms with van der Waals surface area (Å²) in [5.74, 6) is -4.45. The Bertz CT molecular complexity index is 715. The lowest BCUT2D eigenvalue weighted by molar-refractivity contribution is -0.137. The van der Waals surface area contributed by atoms with E-state index in [-0.39, 0.29) is 18.2 Å². The Morgan fingerprint density at radius 1 is 1.39 bits per heavy atom. The lowest BCUT2D eigenvalue weighted by atomic mass is 10.0. The van der Waals surface area contributed by atoms with Crippen LogP contribution in [-0.4, -0.2) is 23.4 Å². The summed E-state index contributed by atoms with van der Waals surface area (Å²) in [5, 5.41) is 16.9. The van der Waals surface area contributed by atoms with Crippen LogP contribution in [0.15, 0.2) is 11.6 Å². The molecule has 8 heteroatoms. The van der Waals surface area contributed by atoms with Gasteiger partial charge in [-0.2, -0.15) is 0 Å². The van der Waals surface area contributed by atoms with E-state index >= 15 is 0 Å². The Kier molecular flexibility index (Phi) is 5.26. The van der Waals surface area contributed by atoms with Crippen LogP contribution < -0.4 is 0 Å². The van der Waals surface area contributed by atoms with Crippen molar-refractivity contribution in [2.24, 2.45) is 5.92 Å². The van der Waals surface area contributed by atoms with Crippen LogP contribution in [-0.2, 0) is 9.53 Å². The third kappa shape index (κ3) is 3.48. The number of halogens is 4. The van der Waals surface area contributed by atoms with Crippen molar-refractivity contribution in [1.82, 2.24) is 0 Å². The fraction of sp³-hybridized carbons (Fsp3) is 0.333. The van der Waals surface area contributed by atoms with Gasteiger partial charge in [0.05, 0.1) is 22.9 Å². The third-order valence-corrected chi connectivity index (χ3v) is 3.94. The summed E-state index contributed by atoms with van der Waals surface area (Å²) in [6.07, 6.45) is 1.37. The number of nitrogens with one attached hydrogen (secondary N) is 1. The van der Waals surface area contributed by atoms with Gasteiger partial charge in [-0.25, -0.2) is 13.6 Å². The van der Waals surface area contributed by atoms with Gasteiger partial charge in [0.1, 0.15) is 16.4 Å². The first-order valence-corrected chi connectivity index (χ1v) is 7.57. The molecule has 0 spiro atoms. The fourth-order valence-electron chi connectivity index (χ4n) is 1.99. The number of benzene rings is 1. The first kappa shape index (κ1) is 17.7. The summed E-state index contributed by atoms with van der Waals surface area (Å²) >= 11 is 11.1. The second-order valence-electron chi connectivity index (χ2n) is 4.98. The van der Waals surface area contributed by atoms with E-state index in [9.17, 15) is 18.7 Å². The Morgan fingerprint density at radius 2 is 2.00 bits per heavy atom. The highest BCUT2D eigenvalue weighted by atomic mass is 35.5. The van der Waals surface area contributed by atoms with E-state index in [4.69, 9.17) is 33.3 Å². The van der Waals surface area contributed by atoms with Gasteiger partial charge >= 0.3 is 5.97 Å². The molecule has 0 aliphatic heterocycles. The number of hydrogen-bond donors (Lipinski definition) is 2. The van der Waals surface area contributed by atoms with Crippen molar-refractivity contribution in [2.75, 3.05) is 6.61 Å². The summed E-state index contributed by atoms with van der Waals surface area (Å²) in [7, 11) is 0. The van der Waals surface area contributed by atoms with Crippen molar-refractivity contribution in [3.05, 3.63) is 38.9 Å². The maximum Gasteiger partial charge on any atom is 0.343 e. The Morgan fingerprint density at radius 3 is 2.52 bits per heavy atom. The maximum atomic E-state index is 14.1. The lowest BCUT2D eigenvalue weighted by Crippen LogP contribution is -2.19. The average Bonchev–Trinajstić information content (AvgIpc) is 3.33. The van der Waals surface area contributed by atoms with E-state index < -0.39 is 44.5 Å². The highest BCUT2D eigenvalue weighted by molar-refractivity contribution is 6.35. The lowest BCUT2D eigenvalue weighted by Gasteiger charge is -2.13. The number of carbonyl (C=O) groups is 1. The van der Waals surface area contributed by atoms with Crippen LogP contribution in [0.5, 0.6) is 0 Å². The Hall–Kier alpha value is -1.66. The quantitative estimate of drug-likeness (QED) is 0.201. The largest absolute Gasteiger partial charge is 0.506 e. The zero-order chi connectivity index (χ0) is 17.3. The number of aliphatic hydroxyl groups excluding tert-OH is 1. The number of ether oxygens (including phenoxy) is 1. The fourth-order valence-corrected chi connectivity index (χ4v) is 2.45. The van der Waals surface area contributed by atoms with E-state index in [0.717, 1.165) is 6.07 Å². The second-order valence-corrected chi connectivity index (χ2v) is 5.77. The smallest absolute Gasteiger partial charge is 0.343 e. The standard InChI is InChI=1S/C15H13Cl2F2NO3/c1-2-23-15(22)9(13(20)6-3-4-6)14(21)7-5-8(16)12(19)10(17)11(7)18/h5-6,20-21H,2-4H2,1H3. The molecular formula is C15H13Cl2F2NO3. The molecule has 1 aliphatic carbocycles. The first-order valence-electron chi connectivity index (χ1n) is 6.82. The van der Waals surface area contributed by atoms with E-state index in [1.807, 2.05) is 0 Å². The van der Waals surface area contributed by atoms with E-state index in [1.165, 1.54) is 0 Å².